The van der Waals surface area contributed by atoms with Gasteiger partial charge in [-0.05, 0) is 43.4 Å². The van der Waals surface area contributed by atoms with Gasteiger partial charge in [-0.25, -0.2) is 0 Å². The summed E-state index contributed by atoms with van der Waals surface area (Å²) in [6.07, 6.45) is 3.81. The van der Waals surface area contributed by atoms with Gasteiger partial charge in [-0.2, -0.15) is 0 Å². The molecule has 122 valence electrons. The van der Waals surface area contributed by atoms with Gasteiger partial charge in [0.25, 0.3) is 5.91 Å². The summed E-state index contributed by atoms with van der Waals surface area (Å²) < 4.78 is 10.7. The van der Waals surface area contributed by atoms with Gasteiger partial charge in [-0.3, -0.25) is 4.79 Å². The van der Waals surface area contributed by atoms with E-state index in [-0.39, 0.29) is 5.91 Å². The molecule has 1 aliphatic rings. The summed E-state index contributed by atoms with van der Waals surface area (Å²) >= 11 is 0. The second kappa shape index (κ2) is 8.91. The molecule has 0 spiro atoms. The highest BCUT2D eigenvalue weighted by molar-refractivity contribution is 5.94. The van der Waals surface area contributed by atoms with Crippen LogP contribution in [0.3, 0.4) is 0 Å². The Hall–Kier alpha value is -1.39. The predicted molar refractivity (Wildman–Crippen MR) is 87.3 cm³/mol. The number of benzene rings is 1. The lowest BCUT2D eigenvalue weighted by molar-refractivity contribution is 0.0424. The first kappa shape index (κ1) is 17.0. The number of amides is 1. The molecule has 0 bridgehead atoms. The van der Waals surface area contributed by atoms with E-state index < -0.39 is 0 Å². The zero-order valence-corrected chi connectivity index (χ0v) is 13.7. The maximum Gasteiger partial charge on any atom is 0.253 e. The fourth-order valence-electron chi connectivity index (χ4n) is 2.55. The van der Waals surface area contributed by atoms with Crippen LogP contribution in [0.2, 0.25) is 0 Å². The van der Waals surface area contributed by atoms with Crippen LogP contribution in [0.25, 0.3) is 0 Å². The highest BCUT2D eigenvalue weighted by Crippen LogP contribution is 2.36. The Morgan fingerprint density at radius 2 is 2.00 bits per heavy atom. The standard InChI is InChI=1S/C18H27NO3/c1-3-21-12-13-22-11-10-19(2)18(20)17-9-5-8-16(14-17)15-6-4-7-15/h5,8-9,14-15H,3-4,6-7,10-13H2,1-2H3. The Morgan fingerprint density at radius 1 is 1.23 bits per heavy atom. The van der Waals surface area contributed by atoms with Crippen LogP contribution < -0.4 is 0 Å². The van der Waals surface area contributed by atoms with Gasteiger partial charge in [0, 0.05) is 25.8 Å². The Balaban J connectivity index is 1.77. The molecule has 1 aromatic carbocycles. The number of rotatable bonds is 9. The smallest absolute Gasteiger partial charge is 0.253 e. The Labute approximate surface area is 133 Å². The fraction of sp³-hybridized carbons (Fsp3) is 0.611. The average Bonchev–Trinajstić information content (AvgIpc) is 2.48. The Bertz CT molecular complexity index is 471. The molecule has 22 heavy (non-hydrogen) atoms. The van der Waals surface area contributed by atoms with Crippen molar-refractivity contribution < 1.29 is 14.3 Å². The summed E-state index contributed by atoms with van der Waals surface area (Å²) in [7, 11) is 1.82. The molecule has 4 nitrogen and oxygen atoms in total. The van der Waals surface area contributed by atoms with Crippen molar-refractivity contribution in [1.82, 2.24) is 4.90 Å². The Morgan fingerprint density at radius 3 is 2.68 bits per heavy atom. The largest absolute Gasteiger partial charge is 0.379 e. The summed E-state index contributed by atoms with van der Waals surface area (Å²) in [5, 5.41) is 0. The first-order valence-electron chi connectivity index (χ1n) is 8.23. The summed E-state index contributed by atoms with van der Waals surface area (Å²) in [6.45, 7) is 4.99. The molecule has 0 unspecified atom stereocenters. The second-order valence-corrected chi connectivity index (χ2v) is 5.79. The lowest BCUT2D eigenvalue weighted by atomic mass is 9.79. The maximum atomic E-state index is 12.4. The predicted octanol–water partition coefficient (Wildman–Crippen LogP) is 3.08. The van der Waals surface area contributed by atoms with Crippen LogP contribution in [0.15, 0.2) is 24.3 Å². The third-order valence-corrected chi connectivity index (χ3v) is 4.20. The van der Waals surface area contributed by atoms with Crippen molar-refractivity contribution in [3.8, 4) is 0 Å². The van der Waals surface area contributed by atoms with Gasteiger partial charge in [0.15, 0.2) is 0 Å². The van der Waals surface area contributed by atoms with Crippen LogP contribution >= 0.6 is 0 Å². The molecule has 1 fully saturated rings. The van der Waals surface area contributed by atoms with Gasteiger partial charge in [-0.1, -0.05) is 18.6 Å². The molecule has 0 atom stereocenters. The van der Waals surface area contributed by atoms with E-state index in [1.54, 1.807) is 4.90 Å². The monoisotopic (exact) mass is 305 g/mol. The molecule has 0 N–H and O–H groups in total. The second-order valence-electron chi connectivity index (χ2n) is 5.79. The van der Waals surface area contributed by atoms with E-state index in [0.29, 0.717) is 38.9 Å². The van der Waals surface area contributed by atoms with Gasteiger partial charge in [0.05, 0.1) is 19.8 Å². The molecule has 1 aromatic rings. The van der Waals surface area contributed by atoms with E-state index in [0.717, 1.165) is 5.56 Å². The number of ether oxygens (including phenoxy) is 2. The number of hydrogen-bond acceptors (Lipinski definition) is 3. The van der Waals surface area contributed by atoms with E-state index in [2.05, 4.69) is 12.1 Å². The van der Waals surface area contributed by atoms with Gasteiger partial charge < -0.3 is 14.4 Å². The number of hydrogen-bond donors (Lipinski definition) is 0. The van der Waals surface area contributed by atoms with E-state index in [9.17, 15) is 4.79 Å². The van der Waals surface area contributed by atoms with Crippen molar-refractivity contribution in [2.45, 2.75) is 32.1 Å². The van der Waals surface area contributed by atoms with Crippen molar-refractivity contribution in [2.75, 3.05) is 40.0 Å². The number of likely N-dealkylation sites (N-methyl/N-ethyl adjacent to an activating group) is 1. The first-order chi connectivity index (χ1) is 10.7. The van der Waals surface area contributed by atoms with Crippen LogP contribution in [-0.4, -0.2) is 50.8 Å². The lowest BCUT2D eigenvalue weighted by Gasteiger charge is -2.26. The quantitative estimate of drug-likeness (QED) is 0.658. The van der Waals surface area contributed by atoms with Crippen LogP contribution in [0, 0.1) is 0 Å². The molecule has 2 rings (SSSR count). The highest BCUT2D eigenvalue weighted by Gasteiger charge is 2.20. The first-order valence-corrected chi connectivity index (χ1v) is 8.23. The molecule has 0 heterocycles. The molecular weight excluding hydrogens is 278 g/mol. The third kappa shape index (κ3) is 4.82. The normalized spacial score (nSPS) is 14.6. The van der Waals surface area contributed by atoms with E-state index in [1.807, 2.05) is 26.1 Å². The molecule has 1 saturated carbocycles. The number of carbonyl (C=O) groups is 1. The van der Waals surface area contributed by atoms with Crippen molar-refractivity contribution in [1.29, 1.82) is 0 Å². The SMILES string of the molecule is CCOCCOCCN(C)C(=O)c1cccc(C2CCC2)c1. The fourth-order valence-corrected chi connectivity index (χ4v) is 2.55. The van der Waals surface area contributed by atoms with E-state index >= 15 is 0 Å². The zero-order valence-electron chi connectivity index (χ0n) is 13.7. The van der Waals surface area contributed by atoms with Gasteiger partial charge in [0.2, 0.25) is 0 Å². The van der Waals surface area contributed by atoms with E-state index in [1.165, 1.54) is 24.8 Å². The summed E-state index contributed by atoms with van der Waals surface area (Å²) in [4.78, 5) is 14.2. The van der Waals surface area contributed by atoms with Crippen LogP contribution in [-0.2, 0) is 9.47 Å². The summed E-state index contributed by atoms with van der Waals surface area (Å²) in [6, 6.07) is 8.08. The van der Waals surface area contributed by atoms with Crippen molar-refractivity contribution in [3.63, 3.8) is 0 Å². The average molecular weight is 305 g/mol. The van der Waals surface area contributed by atoms with Crippen LogP contribution in [0.5, 0.6) is 0 Å². The lowest BCUT2D eigenvalue weighted by Crippen LogP contribution is -2.30. The van der Waals surface area contributed by atoms with Crippen molar-refractivity contribution in [2.24, 2.45) is 0 Å². The molecule has 0 aliphatic heterocycles. The van der Waals surface area contributed by atoms with Crippen molar-refractivity contribution in [3.05, 3.63) is 35.4 Å². The number of carbonyl (C=O) groups excluding carboxylic acids is 1. The van der Waals surface area contributed by atoms with Gasteiger partial charge in [-0.15, -0.1) is 0 Å². The minimum Gasteiger partial charge on any atom is -0.379 e. The van der Waals surface area contributed by atoms with Crippen LogP contribution in [0.1, 0.15) is 48.0 Å². The topological polar surface area (TPSA) is 38.8 Å². The van der Waals surface area contributed by atoms with Gasteiger partial charge in [0.1, 0.15) is 0 Å². The molecule has 1 amide bonds. The summed E-state index contributed by atoms with van der Waals surface area (Å²) in [5.74, 6) is 0.717. The number of nitrogens with zero attached hydrogens (tertiary/aromatic N) is 1. The zero-order chi connectivity index (χ0) is 15.8. The van der Waals surface area contributed by atoms with Crippen LogP contribution in [0.4, 0.5) is 0 Å². The molecule has 0 radical (unpaired) electrons. The minimum atomic E-state index is 0.0644. The molecular formula is C18H27NO3. The Kier molecular flexibility index (Phi) is 6.87. The third-order valence-electron chi connectivity index (χ3n) is 4.20. The molecule has 1 aliphatic carbocycles. The van der Waals surface area contributed by atoms with Gasteiger partial charge >= 0.3 is 0 Å². The molecule has 4 heteroatoms. The van der Waals surface area contributed by atoms with E-state index in [4.69, 9.17) is 9.47 Å². The highest BCUT2D eigenvalue weighted by atomic mass is 16.5. The van der Waals surface area contributed by atoms with Crippen molar-refractivity contribution >= 4 is 5.91 Å². The molecule has 0 saturated heterocycles. The molecule has 0 aromatic heterocycles. The maximum absolute atomic E-state index is 12.4. The minimum absolute atomic E-state index is 0.0644. The summed E-state index contributed by atoms with van der Waals surface area (Å²) in [5.41, 5.74) is 2.08.